The van der Waals surface area contributed by atoms with Crippen LogP contribution in [-0.4, -0.2) is 10.1 Å². The van der Waals surface area contributed by atoms with E-state index in [4.69, 9.17) is 4.74 Å². The van der Waals surface area contributed by atoms with Crippen LogP contribution in [0, 0.1) is 3.57 Å². The number of rotatable bonds is 3. The van der Waals surface area contributed by atoms with E-state index in [1.54, 1.807) is 24.3 Å². The number of aromatic amines is 1. The zero-order valence-electron chi connectivity index (χ0n) is 13.6. The Hall–Kier alpha value is -2.80. The number of pyridine rings is 1. The van der Waals surface area contributed by atoms with Crippen molar-refractivity contribution >= 4 is 33.5 Å². The molecule has 1 heterocycles. The van der Waals surface area contributed by atoms with E-state index < -0.39 is 0 Å². The third-order valence-electron chi connectivity index (χ3n) is 4.05. The van der Waals surface area contributed by atoms with Crippen LogP contribution in [0.25, 0.3) is 22.0 Å². The molecule has 0 radical (unpaired) electrons. The van der Waals surface area contributed by atoms with E-state index in [9.17, 15) is 9.90 Å². The highest BCUT2D eigenvalue weighted by Crippen LogP contribution is 2.34. The Morgan fingerprint density at radius 2 is 1.65 bits per heavy atom. The van der Waals surface area contributed by atoms with Crippen LogP contribution in [0.1, 0.15) is 0 Å². The van der Waals surface area contributed by atoms with E-state index in [2.05, 4.69) is 27.6 Å². The molecule has 0 aliphatic carbocycles. The topological polar surface area (TPSA) is 62.3 Å². The molecule has 0 bridgehead atoms. The lowest BCUT2D eigenvalue weighted by Gasteiger charge is -2.10. The number of halogens is 1. The summed E-state index contributed by atoms with van der Waals surface area (Å²) in [5.74, 6) is 1.27. The molecule has 0 saturated carbocycles. The quantitative estimate of drug-likeness (QED) is 0.413. The molecule has 0 saturated heterocycles. The molecule has 1 aromatic heterocycles. The lowest BCUT2D eigenvalue weighted by molar-refractivity contribution is 0.480. The van der Waals surface area contributed by atoms with Gasteiger partial charge < -0.3 is 14.8 Å². The van der Waals surface area contributed by atoms with Crippen molar-refractivity contribution in [2.75, 3.05) is 0 Å². The van der Waals surface area contributed by atoms with E-state index >= 15 is 0 Å². The first-order valence-corrected chi connectivity index (χ1v) is 9.07. The molecule has 0 aliphatic rings. The smallest absolute Gasteiger partial charge is 0.260 e. The van der Waals surface area contributed by atoms with Crippen molar-refractivity contribution in [3.63, 3.8) is 0 Å². The molecule has 4 nitrogen and oxygen atoms in total. The van der Waals surface area contributed by atoms with Crippen LogP contribution in [0.3, 0.4) is 0 Å². The van der Waals surface area contributed by atoms with Gasteiger partial charge in [0.2, 0.25) is 0 Å². The molecule has 0 unspecified atom stereocenters. The average Bonchev–Trinajstić information content (AvgIpc) is 2.62. The highest BCUT2D eigenvalue weighted by Gasteiger charge is 2.14. The van der Waals surface area contributed by atoms with Gasteiger partial charge in [0.15, 0.2) is 0 Å². The molecule has 0 spiro atoms. The molecule has 3 aromatic carbocycles. The van der Waals surface area contributed by atoms with Gasteiger partial charge in [0, 0.05) is 8.96 Å². The van der Waals surface area contributed by atoms with Gasteiger partial charge in [0.25, 0.3) is 5.56 Å². The van der Waals surface area contributed by atoms with Crippen LogP contribution in [0.5, 0.6) is 17.2 Å². The first kappa shape index (κ1) is 16.7. The minimum Gasteiger partial charge on any atom is -0.506 e. The maximum absolute atomic E-state index is 12.6. The highest BCUT2D eigenvalue weighted by atomic mass is 127. The number of hydrogen-bond donors (Lipinski definition) is 2. The Balaban J connectivity index is 1.82. The molecule has 0 fully saturated rings. The van der Waals surface area contributed by atoms with Crippen LogP contribution < -0.4 is 10.3 Å². The molecule has 4 rings (SSSR count). The lowest BCUT2D eigenvalue weighted by atomic mass is 10.0. The van der Waals surface area contributed by atoms with Gasteiger partial charge in [-0.05, 0) is 70.6 Å². The fourth-order valence-electron chi connectivity index (χ4n) is 2.86. The fourth-order valence-corrected chi connectivity index (χ4v) is 3.35. The van der Waals surface area contributed by atoms with Gasteiger partial charge in [-0.1, -0.05) is 30.3 Å². The van der Waals surface area contributed by atoms with Crippen LogP contribution in [0.15, 0.2) is 77.6 Å². The molecule has 0 atom stereocenters. The highest BCUT2D eigenvalue weighted by molar-refractivity contribution is 14.1. The maximum Gasteiger partial charge on any atom is 0.260 e. The van der Waals surface area contributed by atoms with Gasteiger partial charge in [-0.25, -0.2) is 0 Å². The zero-order chi connectivity index (χ0) is 18.1. The van der Waals surface area contributed by atoms with Gasteiger partial charge in [-0.2, -0.15) is 0 Å². The minimum absolute atomic E-state index is 0.0305. The maximum atomic E-state index is 12.6. The second-order valence-corrected chi connectivity index (χ2v) is 7.06. The van der Waals surface area contributed by atoms with Crippen molar-refractivity contribution in [2.24, 2.45) is 0 Å². The molecule has 2 N–H and O–H groups in total. The number of aromatic hydroxyl groups is 1. The second kappa shape index (κ2) is 6.84. The average molecular weight is 455 g/mol. The number of aromatic nitrogens is 1. The summed E-state index contributed by atoms with van der Waals surface area (Å²) in [6, 6.07) is 22.1. The molecule has 5 heteroatoms. The predicted molar refractivity (Wildman–Crippen MR) is 111 cm³/mol. The number of fused-ring (bicyclic) bond motifs is 1. The van der Waals surface area contributed by atoms with Crippen molar-refractivity contribution in [3.05, 3.63) is 86.7 Å². The molecule has 128 valence electrons. The normalized spacial score (nSPS) is 10.8. The van der Waals surface area contributed by atoms with Gasteiger partial charge in [0.05, 0.1) is 11.1 Å². The Kier molecular flexibility index (Phi) is 4.38. The molecule has 0 amide bonds. The van der Waals surface area contributed by atoms with E-state index in [1.807, 2.05) is 48.5 Å². The number of H-pyrrole nitrogens is 1. The van der Waals surface area contributed by atoms with Crippen molar-refractivity contribution in [1.82, 2.24) is 4.98 Å². The van der Waals surface area contributed by atoms with E-state index in [0.717, 1.165) is 3.57 Å². The number of ether oxygens (including phenoxy) is 1. The summed E-state index contributed by atoms with van der Waals surface area (Å²) in [4.78, 5) is 15.4. The summed E-state index contributed by atoms with van der Waals surface area (Å²) in [5, 5.41) is 11.3. The third kappa shape index (κ3) is 3.17. The first-order valence-electron chi connectivity index (χ1n) is 8.00. The Labute approximate surface area is 163 Å². The van der Waals surface area contributed by atoms with E-state index in [1.165, 1.54) is 0 Å². The molecule has 0 aliphatic heterocycles. The van der Waals surface area contributed by atoms with Gasteiger partial charge >= 0.3 is 0 Å². The third-order valence-corrected chi connectivity index (χ3v) is 4.72. The summed E-state index contributed by atoms with van der Waals surface area (Å²) in [6.07, 6.45) is 0. The van der Waals surface area contributed by atoms with Crippen LogP contribution >= 0.6 is 22.6 Å². The summed E-state index contributed by atoms with van der Waals surface area (Å²) < 4.78 is 6.81. The van der Waals surface area contributed by atoms with E-state index in [0.29, 0.717) is 28.0 Å². The molecular formula is C21H14INO3. The first-order chi connectivity index (χ1) is 12.6. The lowest BCUT2D eigenvalue weighted by Crippen LogP contribution is -2.09. The van der Waals surface area contributed by atoms with E-state index in [-0.39, 0.29) is 16.9 Å². The van der Waals surface area contributed by atoms with Crippen molar-refractivity contribution in [3.8, 4) is 28.4 Å². The Morgan fingerprint density at radius 3 is 2.46 bits per heavy atom. The molecule has 26 heavy (non-hydrogen) atoms. The summed E-state index contributed by atoms with van der Waals surface area (Å²) >= 11 is 2.17. The fraction of sp³-hybridized carbons (Fsp3) is 0. The zero-order valence-corrected chi connectivity index (χ0v) is 15.7. The van der Waals surface area contributed by atoms with Crippen molar-refractivity contribution in [1.29, 1.82) is 0 Å². The van der Waals surface area contributed by atoms with Gasteiger partial charge in [-0.15, -0.1) is 0 Å². The monoisotopic (exact) mass is 455 g/mol. The summed E-state index contributed by atoms with van der Waals surface area (Å²) in [6.45, 7) is 0. The van der Waals surface area contributed by atoms with Crippen LogP contribution in [0.4, 0.5) is 0 Å². The van der Waals surface area contributed by atoms with Crippen molar-refractivity contribution < 1.29 is 9.84 Å². The second-order valence-electron chi connectivity index (χ2n) is 5.81. The van der Waals surface area contributed by atoms with Crippen LogP contribution in [-0.2, 0) is 0 Å². The summed E-state index contributed by atoms with van der Waals surface area (Å²) in [7, 11) is 0. The molecular weight excluding hydrogens is 441 g/mol. The molecule has 4 aromatic rings. The summed E-state index contributed by atoms with van der Waals surface area (Å²) in [5.41, 5.74) is 1.10. The van der Waals surface area contributed by atoms with Crippen LogP contribution in [0.2, 0.25) is 0 Å². The Bertz CT molecular complexity index is 1150. The number of nitrogens with one attached hydrogen (secondary N) is 1. The predicted octanol–water partition coefficient (Wildman–Crippen LogP) is 5.30. The Morgan fingerprint density at radius 1 is 0.885 bits per heavy atom. The SMILES string of the molecule is O=c1[nH]c2cc(I)ccc2c(O)c1-c1cccc(Oc2ccccc2)c1. The van der Waals surface area contributed by atoms with Gasteiger partial charge in [0.1, 0.15) is 17.2 Å². The minimum atomic E-state index is -0.339. The largest absolute Gasteiger partial charge is 0.506 e. The number of para-hydroxylation sites is 1. The number of benzene rings is 3. The number of hydrogen-bond acceptors (Lipinski definition) is 3. The van der Waals surface area contributed by atoms with Crippen molar-refractivity contribution in [2.45, 2.75) is 0 Å². The standard InChI is InChI=1S/C21H14INO3/c22-14-9-10-17-18(12-14)23-21(25)19(20(17)24)13-5-4-8-16(11-13)26-15-6-2-1-3-7-15/h1-12H,(H2,23,24,25). The van der Waals surface area contributed by atoms with Gasteiger partial charge in [-0.3, -0.25) is 4.79 Å².